The summed E-state index contributed by atoms with van der Waals surface area (Å²) in [6.07, 6.45) is 3.10. The van der Waals surface area contributed by atoms with E-state index in [2.05, 4.69) is 5.10 Å². The summed E-state index contributed by atoms with van der Waals surface area (Å²) in [4.78, 5) is 25.7. The molecule has 1 amide bonds. The Hall–Kier alpha value is -1.85. The number of carboxylic acids is 1. The number of aromatic nitrogens is 2. The van der Waals surface area contributed by atoms with Crippen molar-refractivity contribution in [2.24, 2.45) is 18.9 Å². The molecule has 1 aromatic rings. The van der Waals surface area contributed by atoms with Crippen LogP contribution in [-0.2, 0) is 23.2 Å². The van der Waals surface area contributed by atoms with Crippen LogP contribution in [0.25, 0.3) is 0 Å². The molecule has 2 unspecified atom stereocenters. The topological polar surface area (TPSA) is 75.4 Å². The van der Waals surface area contributed by atoms with Crippen molar-refractivity contribution < 1.29 is 14.7 Å². The second-order valence-corrected chi connectivity index (χ2v) is 6.30. The van der Waals surface area contributed by atoms with Gasteiger partial charge in [-0.1, -0.05) is 12.8 Å². The fourth-order valence-corrected chi connectivity index (χ4v) is 3.37. The highest BCUT2D eigenvalue weighted by atomic mass is 16.4. The van der Waals surface area contributed by atoms with Gasteiger partial charge in [0.2, 0.25) is 5.91 Å². The van der Waals surface area contributed by atoms with Crippen molar-refractivity contribution in [3.05, 3.63) is 17.0 Å². The average Bonchev–Trinajstić information content (AvgIpc) is 2.72. The van der Waals surface area contributed by atoms with E-state index in [1.54, 1.807) is 11.9 Å². The molecule has 0 saturated heterocycles. The predicted molar refractivity (Wildman–Crippen MR) is 82.2 cm³/mol. The summed E-state index contributed by atoms with van der Waals surface area (Å²) in [5.41, 5.74) is 3.00. The average molecular weight is 307 g/mol. The summed E-state index contributed by atoms with van der Waals surface area (Å²) < 4.78 is 1.81. The van der Waals surface area contributed by atoms with Crippen molar-refractivity contribution >= 4 is 11.9 Å². The van der Waals surface area contributed by atoms with Crippen LogP contribution in [0.3, 0.4) is 0 Å². The normalized spacial score (nSPS) is 21.6. The third kappa shape index (κ3) is 3.15. The number of aryl methyl sites for hydroxylation is 2. The minimum Gasteiger partial charge on any atom is -0.481 e. The van der Waals surface area contributed by atoms with Crippen LogP contribution in [-0.4, -0.2) is 38.7 Å². The third-order valence-corrected chi connectivity index (χ3v) is 4.83. The zero-order chi connectivity index (χ0) is 16.4. The van der Waals surface area contributed by atoms with Crippen molar-refractivity contribution in [1.29, 1.82) is 0 Å². The molecule has 0 aromatic carbocycles. The van der Waals surface area contributed by atoms with Gasteiger partial charge in [-0.2, -0.15) is 5.10 Å². The van der Waals surface area contributed by atoms with Gasteiger partial charge in [0, 0.05) is 31.9 Å². The molecule has 1 aliphatic carbocycles. The fourth-order valence-electron chi connectivity index (χ4n) is 3.37. The van der Waals surface area contributed by atoms with E-state index in [0.717, 1.165) is 29.8 Å². The molecule has 6 heteroatoms. The van der Waals surface area contributed by atoms with Crippen LogP contribution in [0.1, 0.15) is 42.6 Å². The van der Waals surface area contributed by atoms with E-state index in [1.165, 1.54) is 0 Å². The Balaban J connectivity index is 2.12. The monoisotopic (exact) mass is 307 g/mol. The number of hydrogen-bond donors (Lipinski definition) is 1. The maximum atomic E-state index is 12.7. The second-order valence-electron chi connectivity index (χ2n) is 6.30. The smallest absolute Gasteiger partial charge is 0.307 e. The molecule has 6 nitrogen and oxygen atoms in total. The molecular weight excluding hydrogens is 282 g/mol. The molecular formula is C16H25N3O3. The van der Waals surface area contributed by atoms with Gasteiger partial charge in [0.1, 0.15) is 0 Å². The van der Waals surface area contributed by atoms with E-state index >= 15 is 0 Å². The molecule has 1 N–H and O–H groups in total. The number of rotatable bonds is 4. The van der Waals surface area contributed by atoms with Gasteiger partial charge in [-0.25, -0.2) is 0 Å². The van der Waals surface area contributed by atoms with Crippen LogP contribution in [0, 0.1) is 25.7 Å². The largest absolute Gasteiger partial charge is 0.481 e. The van der Waals surface area contributed by atoms with E-state index in [9.17, 15) is 14.7 Å². The van der Waals surface area contributed by atoms with E-state index in [4.69, 9.17) is 0 Å². The van der Waals surface area contributed by atoms with E-state index < -0.39 is 17.8 Å². The first-order valence-corrected chi connectivity index (χ1v) is 7.79. The molecule has 1 fully saturated rings. The zero-order valence-electron chi connectivity index (χ0n) is 13.8. The highest BCUT2D eigenvalue weighted by molar-refractivity contribution is 5.84. The molecule has 22 heavy (non-hydrogen) atoms. The molecule has 2 atom stereocenters. The maximum absolute atomic E-state index is 12.7. The quantitative estimate of drug-likeness (QED) is 0.921. The van der Waals surface area contributed by atoms with Crippen molar-refractivity contribution in [2.45, 2.75) is 46.1 Å². The molecule has 1 aliphatic rings. The maximum Gasteiger partial charge on any atom is 0.307 e. The van der Waals surface area contributed by atoms with E-state index in [-0.39, 0.29) is 5.91 Å². The molecule has 1 heterocycles. The number of carbonyl (C=O) groups excluding carboxylic acids is 1. The van der Waals surface area contributed by atoms with Crippen LogP contribution in [0.5, 0.6) is 0 Å². The van der Waals surface area contributed by atoms with Crippen LogP contribution in [0.15, 0.2) is 0 Å². The van der Waals surface area contributed by atoms with Gasteiger partial charge in [-0.3, -0.25) is 14.3 Å². The second kappa shape index (κ2) is 6.50. The molecule has 122 valence electrons. The van der Waals surface area contributed by atoms with Gasteiger partial charge in [0.15, 0.2) is 0 Å². The van der Waals surface area contributed by atoms with Crippen molar-refractivity contribution in [3.8, 4) is 0 Å². The molecule has 2 rings (SSSR count). The minimum absolute atomic E-state index is 0.0604. The molecule has 1 saturated carbocycles. The molecule has 0 radical (unpaired) electrons. The first-order valence-electron chi connectivity index (χ1n) is 7.79. The van der Waals surface area contributed by atoms with Gasteiger partial charge < -0.3 is 10.0 Å². The number of carboxylic acid groups (broad SMARTS) is 1. The summed E-state index contributed by atoms with van der Waals surface area (Å²) in [5, 5.41) is 13.7. The van der Waals surface area contributed by atoms with Crippen molar-refractivity contribution in [3.63, 3.8) is 0 Å². The SMILES string of the molecule is Cc1nn(C)c(C)c1CN(C)C(=O)C1CCCCC1C(=O)O. The van der Waals surface area contributed by atoms with Crippen LogP contribution < -0.4 is 0 Å². The van der Waals surface area contributed by atoms with Crippen molar-refractivity contribution in [1.82, 2.24) is 14.7 Å². The van der Waals surface area contributed by atoms with Gasteiger partial charge in [0.05, 0.1) is 17.5 Å². The Morgan fingerprint density at radius 1 is 1.27 bits per heavy atom. The van der Waals surface area contributed by atoms with Crippen molar-refractivity contribution in [2.75, 3.05) is 7.05 Å². The van der Waals surface area contributed by atoms with Gasteiger partial charge in [-0.15, -0.1) is 0 Å². The Morgan fingerprint density at radius 3 is 2.36 bits per heavy atom. The summed E-state index contributed by atoms with van der Waals surface area (Å²) in [6, 6.07) is 0. The Labute approximate surface area is 131 Å². The summed E-state index contributed by atoms with van der Waals surface area (Å²) in [5.74, 6) is -1.84. The van der Waals surface area contributed by atoms with E-state index in [0.29, 0.717) is 19.4 Å². The Bertz CT molecular complexity index is 579. The highest BCUT2D eigenvalue weighted by Gasteiger charge is 2.37. The lowest BCUT2D eigenvalue weighted by Gasteiger charge is -2.31. The number of nitrogens with zero attached hydrogens (tertiary/aromatic N) is 3. The first kappa shape index (κ1) is 16.5. The van der Waals surface area contributed by atoms with Gasteiger partial charge >= 0.3 is 5.97 Å². The Morgan fingerprint density at radius 2 is 1.86 bits per heavy atom. The number of aliphatic carboxylic acids is 1. The molecule has 1 aromatic heterocycles. The van der Waals surface area contributed by atoms with E-state index in [1.807, 2.05) is 25.6 Å². The number of amides is 1. The van der Waals surface area contributed by atoms with Crippen LogP contribution >= 0.6 is 0 Å². The lowest BCUT2D eigenvalue weighted by Crippen LogP contribution is -2.40. The summed E-state index contributed by atoms with van der Waals surface area (Å²) >= 11 is 0. The van der Waals surface area contributed by atoms with Gasteiger partial charge in [-0.05, 0) is 26.7 Å². The molecule has 0 bridgehead atoms. The number of carbonyl (C=O) groups is 2. The number of hydrogen-bond acceptors (Lipinski definition) is 3. The summed E-state index contributed by atoms with van der Waals surface area (Å²) in [7, 11) is 3.64. The standard InChI is InChI=1S/C16H25N3O3/c1-10-14(11(2)19(4)17-10)9-18(3)15(20)12-7-5-6-8-13(12)16(21)22/h12-13H,5-9H2,1-4H3,(H,21,22). The Kier molecular flexibility index (Phi) is 4.88. The minimum atomic E-state index is -0.847. The lowest BCUT2D eigenvalue weighted by atomic mass is 9.78. The molecule has 0 aliphatic heterocycles. The summed E-state index contributed by atoms with van der Waals surface area (Å²) in [6.45, 7) is 4.39. The fraction of sp³-hybridized carbons (Fsp3) is 0.688. The van der Waals surface area contributed by atoms with Crippen LogP contribution in [0.4, 0.5) is 0 Å². The first-order chi connectivity index (χ1) is 10.3. The van der Waals surface area contributed by atoms with Gasteiger partial charge in [0.25, 0.3) is 0 Å². The van der Waals surface area contributed by atoms with Crippen LogP contribution in [0.2, 0.25) is 0 Å². The zero-order valence-corrected chi connectivity index (χ0v) is 13.8. The highest BCUT2D eigenvalue weighted by Crippen LogP contribution is 2.32. The predicted octanol–water partition coefficient (Wildman–Crippen LogP) is 1.89. The molecule has 0 spiro atoms. The third-order valence-electron chi connectivity index (χ3n) is 4.83. The lowest BCUT2D eigenvalue weighted by molar-refractivity contribution is -0.152.